The van der Waals surface area contributed by atoms with Crippen LogP contribution in [0.5, 0.6) is 0 Å². The van der Waals surface area contributed by atoms with Gasteiger partial charge in [-0.1, -0.05) is 17.7 Å². The number of likely N-dealkylation sites (tertiary alicyclic amines) is 1. The lowest BCUT2D eigenvalue weighted by atomic mass is 10.1. The Bertz CT molecular complexity index is 763. The van der Waals surface area contributed by atoms with Crippen LogP contribution < -0.4 is 5.32 Å². The van der Waals surface area contributed by atoms with Crippen molar-refractivity contribution >= 4 is 23.6 Å². The van der Waals surface area contributed by atoms with Gasteiger partial charge in [0.05, 0.1) is 11.9 Å². The Morgan fingerprint density at radius 3 is 2.96 bits per heavy atom. The average molecular weight is 350 g/mol. The van der Waals surface area contributed by atoms with Crippen molar-refractivity contribution < 1.29 is 14.7 Å². The molecule has 0 spiro atoms. The summed E-state index contributed by atoms with van der Waals surface area (Å²) >= 11 is 5.93. The molecule has 2 amide bonds. The normalized spacial score (nSPS) is 17.0. The number of hydrogen-bond acceptors (Lipinski definition) is 4. The topological polar surface area (TPSA) is 100 Å². The highest BCUT2D eigenvalue weighted by Gasteiger charge is 2.26. The zero-order chi connectivity index (χ0) is 17.1. The fourth-order valence-corrected chi connectivity index (χ4v) is 2.78. The Hall–Kier alpha value is -2.61. The van der Waals surface area contributed by atoms with Crippen molar-refractivity contribution in [1.82, 2.24) is 25.2 Å². The van der Waals surface area contributed by atoms with E-state index in [1.807, 2.05) is 0 Å². The number of rotatable bonds is 4. The zero-order valence-electron chi connectivity index (χ0n) is 12.7. The molecule has 0 bridgehead atoms. The van der Waals surface area contributed by atoms with E-state index >= 15 is 0 Å². The van der Waals surface area contributed by atoms with E-state index in [-0.39, 0.29) is 17.5 Å². The summed E-state index contributed by atoms with van der Waals surface area (Å²) in [5.74, 6) is -0.218. The third-order valence-corrected chi connectivity index (χ3v) is 4.11. The molecule has 2 heterocycles. The Labute approximate surface area is 143 Å². The van der Waals surface area contributed by atoms with E-state index in [2.05, 4.69) is 15.5 Å². The summed E-state index contributed by atoms with van der Waals surface area (Å²) in [4.78, 5) is 25.7. The van der Waals surface area contributed by atoms with Crippen molar-refractivity contribution in [3.05, 3.63) is 41.2 Å². The molecule has 1 fully saturated rings. The number of nitrogens with zero attached hydrogens (tertiary/aromatic N) is 4. The lowest BCUT2D eigenvalue weighted by molar-refractivity contribution is 0.0942. The summed E-state index contributed by atoms with van der Waals surface area (Å²) in [6, 6.07) is 6.99. The molecule has 2 aromatic rings. The van der Waals surface area contributed by atoms with Gasteiger partial charge in [0.25, 0.3) is 5.91 Å². The van der Waals surface area contributed by atoms with Crippen LogP contribution in [0.3, 0.4) is 0 Å². The van der Waals surface area contributed by atoms with Gasteiger partial charge in [-0.05, 0) is 30.5 Å². The number of carbonyl (C=O) groups is 2. The quantitative estimate of drug-likeness (QED) is 0.874. The molecule has 3 rings (SSSR count). The maximum atomic E-state index is 12.1. The van der Waals surface area contributed by atoms with Crippen molar-refractivity contribution in [3.63, 3.8) is 0 Å². The molecule has 0 saturated carbocycles. The first kappa shape index (κ1) is 16.3. The molecule has 1 saturated heterocycles. The summed E-state index contributed by atoms with van der Waals surface area (Å²) in [6.45, 7) is 1.35. The molecule has 9 heteroatoms. The van der Waals surface area contributed by atoms with Crippen molar-refractivity contribution in [2.45, 2.75) is 6.42 Å². The van der Waals surface area contributed by atoms with Gasteiger partial charge in [-0.15, -0.1) is 5.10 Å². The molecular weight excluding hydrogens is 334 g/mol. The van der Waals surface area contributed by atoms with Gasteiger partial charge >= 0.3 is 6.09 Å². The van der Waals surface area contributed by atoms with Crippen LogP contribution in [0.25, 0.3) is 5.69 Å². The highest BCUT2D eigenvalue weighted by Crippen LogP contribution is 2.16. The standard InChI is InChI=1S/C15H16ClN5O3/c16-11-2-1-3-12(6-11)21-18-8-13(19-21)14(22)17-7-10-4-5-20(9-10)15(23)24/h1-3,6,8,10H,4-5,7,9H2,(H,17,22)(H,23,24). The van der Waals surface area contributed by atoms with E-state index in [1.54, 1.807) is 24.3 Å². The maximum Gasteiger partial charge on any atom is 0.407 e. The number of carboxylic acid groups (broad SMARTS) is 1. The first-order valence-corrected chi connectivity index (χ1v) is 7.85. The van der Waals surface area contributed by atoms with Crippen LogP contribution in [0.2, 0.25) is 5.02 Å². The predicted octanol–water partition coefficient (Wildman–Crippen LogP) is 1.65. The van der Waals surface area contributed by atoms with Crippen LogP contribution in [0.15, 0.2) is 30.5 Å². The minimum atomic E-state index is -0.923. The first-order chi connectivity index (χ1) is 11.5. The largest absolute Gasteiger partial charge is 0.465 e. The molecule has 126 valence electrons. The van der Waals surface area contributed by atoms with Gasteiger partial charge in [0.15, 0.2) is 5.69 Å². The van der Waals surface area contributed by atoms with Crippen LogP contribution in [-0.2, 0) is 0 Å². The lowest BCUT2D eigenvalue weighted by Gasteiger charge is -2.12. The van der Waals surface area contributed by atoms with E-state index in [0.717, 1.165) is 6.42 Å². The summed E-state index contributed by atoms with van der Waals surface area (Å²) < 4.78 is 0. The Morgan fingerprint density at radius 2 is 2.25 bits per heavy atom. The molecule has 0 radical (unpaired) electrons. The third-order valence-electron chi connectivity index (χ3n) is 3.87. The second kappa shape index (κ2) is 6.88. The number of benzene rings is 1. The number of hydrogen-bond donors (Lipinski definition) is 2. The van der Waals surface area contributed by atoms with Crippen molar-refractivity contribution in [1.29, 1.82) is 0 Å². The molecule has 1 aromatic heterocycles. The highest BCUT2D eigenvalue weighted by molar-refractivity contribution is 6.30. The highest BCUT2D eigenvalue weighted by atomic mass is 35.5. The van der Waals surface area contributed by atoms with Gasteiger partial charge in [-0.3, -0.25) is 4.79 Å². The number of nitrogens with one attached hydrogen (secondary N) is 1. The second-order valence-electron chi connectivity index (χ2n) is 5.59. The first-order valence-electron chi connectivity index (χ1n) is 7.47. The summed E-state index contributed by atoms with van der Waals surface area (Å²) in [5.41, 5.74) is 0.859. The van der Waals surface area contributed by atoms with Gasteiger partial charge in [0.1, 0.15) is 0 Å². The molecular formula is C15H16ClN5O3. The van der Waals surface area contributed by atoms with Gasteiger partial charge in [-0.2, -0.15) is 9.90 Å². The summed E-state index contributed by atoms with van der Waals surface area (Å²) in [7, 11) is 0. The SMILES string of the molecule is O=C(NCC1CCN(C(=O)O)C1)c1cnn(-c2cccc(Cl)c2)n1. The van der Waals surface area contributed by atoms with Crippen LogP contribution in [-0.4, -0.2) is 56.6 Å². The molecule has 8 nitrogen and oxygen atoms in total. The van der Waals surface area contributed by atoms with E-state index in [9.17, 15) is 9.59 Å². The van der Waals surface area contributed by atoms with Gasteiger partial charge in [-0.25, -0.2) is 4.79 Å². The van der Waals surface area contributed by atoms with Gasteiger partial charge in [0, 0.05) is 24.7 Å². The second-order valence-corrected chi connectivity index (χ2v) is 6.03. The molecule has 1 aliphatic heterocycles. The average Bonchev–Trinajstić information content (AvgIpc) is 3.22. The van der Waals surface area contributed by atoms with Gasteiger partial charge < -0.3 is 15.3 Å². The fourth-order valence-electron chi connectivity index (χ4n) is 2.59. The number of aromatic nitrogens is 3. The molecule has 1 aromatic carbocycles. The zero-order valence-corrected chi connectivity index (χ0v) is 13.5. The smallest absolute Gasteiger partial charge is 0.407 e. The monoisotopic (exact) mass is 349 g/mol. The molecule has 1 atom stereocenters. The third kappa shape index (κ3) is 3.65. The lowest BCUT2D eigenvalue weighted by Crippen LogP contribution is -2.32. The van der Waals surface area contributed by atoms with E-state index in [0.29, 0.717) is 30.3 Å². The number of halogens is 1. The van der Waals surface area contributed by atoms with E-state index < -0.39 is 6.09 Å². The van der Waals surface area contributed by atoms with Gasteiger partial charge in [0.2, 0.25) is 0 Å². The van der Waals surface area contributed by atoms with Crippen LogP contribution in [0.4, 0.5) is 4.79 Å². The molecule has 0 aliphatic carbocycles. The molecule has 2 N–H and O–H groups in total. The van der Waals surface area contributed by atoms with Crippen LogP contribution >= 0.6 is 11.6 Å². The van der Waals surface area contributed by atoms with Crippen molar-refractivity contribution in [2.24, 2.45) is 5.92 Å². The summed E-state index contributed by atoms with van der Waals surface area (Å²) in [6.07, 6.45) is 1.20. The van der Waals surface area contributed by atoms with Crippen molar-refractivity contribution in [3.8, 4) is 5.69 Å². The van der Waals surface area contributed by atoms with Crippen LogP contribution in [0, 0.1) is 5.92 Å². The van der Waals surface area contributed by atoms with Crippen LogP contribution in [0.1, 0.15) is 16.9 Å². The molecule has 24 heavy (non-hydrogen) atoms. The van der Waals surface area contributed by atoms with E-state index in [1.165, 1.54) is 15.9 Å². The van der Waals surface area contributed by atoms with Crippen molar-refractivity contribution in [2.75, 3.05) is 19.6 Å². The minimum Gasteiger partial charge on any atom is -0.465 e. The Morgan fingerprint density at radius 1 is 1.42 bits per heavy atom. The Balaban J connectivity index is 1.57. The number of carbonyl (C=O) groups excluding carboxylic acids is 1. The van der Waals surface area contributed by atoms with E-state index in [4.69, 9.17) is 16.7 Å². The maximum absolute atomic E-state index is 12.1. The molecule has 1 aliphatic rings. The number of amides is 2. The predicted molar refractivity (Wildman–Crippen MR) is 86.4 cm³/mol. The molecule has 1 unspecified atom stereocenters. The Kier molecular flexibility index (Phi) is 4.66. The fraction of sp³-hybridized carbons (Fsp3) is 0.333. The minimum absolute atomic E-state index is 0.119. The summed E-state index contributed by atoms with van der Waals surface area (Å²) in [5, 5.41) is 20.5.